The highest BCUT2D eigenvalue weighted by molar-refractivity contribution is 5.79. The summed E-state index contributed by atoms with van der Waals surface area (Å²) in [4.78, 5) is 11.0. The Labute approximate surface area is 75.3 Å². The molecular weight excluding hydrogens is 152 g/mol. The second-order valence-corrected chi connectivity index (χ2v) is 3.67. The van der Waals surface area contributed by atoms with Crippen molar-refractivity contribution in [3.63, 3.8) is 0 Å². The molecule has 0 spiro atoms. The molecule has 1 saturated heterocycles. The van der Waals surface area contributed by atoms with E-state index < -0.39 is 0 Å². The van der Waals surface area contributed by atoms with Crippen LogP contribution in [0.4, 0.5) is 0 Å². The third kappa shape index (κ3) is 2.59. The fraction of sp³-hybridized carbons (Fsp3) is 0.900. The summed E-state index contributed by atoms with van der Waals surface area (Å²) in [7, 11) is 0. The van der Waals surface area contributed by atoms with Crippen LogP contribution in [0.5, 0.6) is 0 Å². The van der Waals surface area contributed by atoms with Gasteiger partial charge in [-0.1, -0.05) is 27.7 Å². The molecule has 1 heterocycles. The van der Waals surface area contributed by atoms with E-state index in [9.17, 15) is 4.79 Å². The number of Topliss-reactive ketones (excluding diaryl/α,β-unsaturated/α-hetero) is 1. The number of carbonyl (C=O) groups is 1. The molecule has 2 heteroatoms. The van der Waals surface area contributed by atoms with Gasteiger partial charge in [-0.05, 0) is 6.92 Å². The summed E-state index contributed by atoms with van der Waals surface area (Å²) in [5.41, 5.74) is 0.0613. The number of hydrogen-bond acceptors (Lipinski definition) is 2. The maximum Gasteiger partial charge on any atom is 0.135 e. The van der Waals surface area contributed by atoms with Crippen LogP contribution in [0.2, 0.25) is 0 Å². The minimum absolute atomic E-state index is 0.0613. The Morgan fingerprint density at radius 2 is 1.92 bits per heavy atom. The second-order valence-electron chi connectivity index (χ2n) is 3.67. The zero-order valence-electron chi connectivity index (χ0n) is 8.81. The minimum atomic E-state index is 0.0613. The van der Waals surface area contributed by atoms with Gasteiger partial charge in [0.1, 0.15) is 5.78 Å². The van der Waals surface area contributed by atoms with Crippen molar-refractivity contribution in [2.45, 2.75) is 34.6 Å². The molecule has 1 rings (SSSR count). The van der Waals surface area contributed by atoms with E-state index >= 15 is 0 Å². The number of carbonyl (C=O) groups excluding carboxylic acids is 1. The molecule has 0 N–H and O–H groups in total. The molecule has 2 nitrogen and oxygen atoms in total. The van der Waals surface area contributed by atoms with Gasteiger partial charge in [-0.15, -0.1) is 0 Å². The van der Waals surface area contributed by atoms with Gasteiger partial charge in [0.15, 0.2) is 0 Å². The van der Waals surface area contributed by atoms with Gasteiger partial charge in [0, 0.05) is 11.3 Å². The van der Waals surface area contributed by atoms with Crippen LogP contribution in [-0.2, 0) is 9.53 Å². The fourth-order valence-electron chi connectivity index (χ4n) is 1.43. The zero-order valence-corrected chi connectivity index (χ0v) is 8.81. The maximum absolute atomic E-state index is 11.0. The van der Waals surface area contributed by atoms with Gasteiger partial charge < -0.3 is 4.74 Å². The molecule has 0 saturated carbocycles. The van der Waals surface area contributed by atoms with Crippen molar-refractivity contribution in [2.24, 2.45) is 11.3 Å². The molecule has 1 aliphatic heterocycles. The van der Waals surface area contributed by atoms with Gasteiger partial charge in [-0.25, -0.2) is 0 Å². The first-order valence-electron chi connectivity index (χ1n) is 4.62. The van der Waals surface area contributed by atoms with E-state index in [0.29, 0.717) is 6.61 Å². The zero-order chi connectivity index (χ0) is 9.78. The van der Waals surface area contributed by atoms with E-state index in [4.69, 9.17) is 4.74 Å². The molecule has 0 radical (unpaired) electrons. The highest BCUT2D eigenvalue weighted by Crippen LogP contribution is 2.33. The minimum Gasteiger partial charge on any atom is -0.380 e. The molecule has 0 aromatic rings. The number of ether oxygens (including phenoxy) is 1. The van der Waals surface area contributed by atoms with Crippen LogP contribution < -0.4 is 0 Å². The topological polar surface area (TPSA) is 26.3 Å². The Morgan fingerprint density at radius 3 is 2.08 bits per heavy atom. The first-order chi connectivity index (χ1) is 5.54. The van der Waals surface area contributed by atoms with E-state index in [0.717, 1.165) is 6.61 Å². The highest BCUT2D eigenvalue weighted by atomic mass is 16.5. The summed E-state index contributed by atoms with van der Waals surface area (Å²) < 4.78 is 5.21. The normalized spacial score (nSPS) is 25.9. The Kier molecular flexibility index (Phi) is 4.46. The SMILES string of the molecule is CC.CC(=O)C1COCC1(C)C. The monoisotopic (exact) mass is 172 g/mol. The molecule has 0 aliphatic carbocycles. The molecule has 1 fully saturated rings. The van der Waals surface area contributed by atoms with Crippen molar-refractivity contribution in [3.05, 3.63) is 0 Å². The molecule has 12 heavy (non-hydrogen) atoms. The fourth-order valence-corrected chi connectivity index (χ4v) is 1.43. The third-order valence-corrected chi connectivity index (χ3v) is 2.19. The standard InChI is InChI=1S/C8H14O2.C2H6/c1-6(9)7-4-10-5-8(7,2)3;1-2/h7H,4-5H2,1-3H3;1-2H3. The smallest absolute Gasteiger partial charge is 0.135 e. The van der Waals surface area contributed by atoms with Crippen LogP contribution in [0.25, 0.3) is 0 Å². The molecule has 0 aromatic carbocycles. The first-order valence-corrected chi connectivity index (χ1v) is 4.62. The summed E-state index contributed by atoms with van der Waals surface area (Å²) in [6.45, 7) is 11.1. The molecule has 0 aromatic heterocycles. The van der Waals surface area contributed by atoms with Crippen LogP contribution in [0.3, 0.4) is 0 Å². The summed E-state index contributed by atoms with van der Waals surface area (Å²) in [5.74, 6) is 0.370. The van der Waals surface area contributed by atoms with Crippen LogP contribution in [0.1, 0.15) is 34.6 Å². The Balaban J connectivity index is 0.000000561. The Morgan fingerprint density at radius 1 is 1.42 bits per heavy atom. The lowest BCUT2D eigenvalue weighted by atomic mass is 9.80. The van der Waals surface area contributed by atoms with Gasteiger partial charge in [0.2, 0.25) is 0 Å². The van der Waals surface area contributed by atoms with Gasteiger partial charge in [0.05, 0.1) is 13.2 Å². The average molecular weight is 172 g/mol. The number of rotatable bonds is 1. The summed E-state index contributed by atoms with van der Waals surface area (Å²) in [6.07, 6.45) is 0. The van der Waals surface area contributed by atoms with E-state index in [1.54, 1.807) is 6.92 Å². The Bertz CT molecular complexity index is 150. The van der Waals surface area contributed by atoms with Crippen LogP contribution in [0, 0.1) is 11.3 Å². The first kappa shape index (κ1) is 11.6. The maximum atomic E-state index is 11.0. The van der Waals surface area contributed by atoms with Crippen LogP contribution >= 0.6 is 0 Å². The highest BCUT2D eigenvalue weighted by Gasteiger charge is 2.38. The molecule has 1 unspecified atom stereocenters. The predicted octanol–water partition coefficient (Wildman–Crippen LogP) is 2.27. The lowest BCUT2D eigenvalue weighted by Gasteiger charge is -2.21. The molecule has 1 aliphatic rings. The summed E-state index contributed by atoms with van der Waals surface area (Å²) in [5, 5.41) is 0. The van der Waals surface area contributed by atoms with Crippen LogP contribution in [0.15, 0.2) is 0 Å². The molecule has 0 amide bonds. The number of ketones is 1. The van der Waals surface area contributed by atoms with Gasteiger partial charge in [-0.2, -0.15) is 0 Å². The van der Waals surface area contributed by atoms with E-state index in [2.05, 4.69) is 13.8 Å². The van der Waals surface area contributed by atoms with E-state index in [-0.39, 0.29) is 17.1 Å². The largest absolute Gasteiger partial charge is 0.380 e. The Hall–Kier alpha value is -0.370. The summed E-state index contributed by atoms with van der Waals surface area (Å²) in [6, 6.07) is 0. The second kappa shape index (κ2) is 4.61. The molecule has 72 valence electrons. The van der Waals surface area contributed by atoms with E-state index in [1.165, 1.54) is 0 Å². The van der Waals surface area contributed by atoms with Crippen molar-refractivity contribution < 1.29 is 9.53 Å². The van der Waals surface area contributed by atoms with Gasteiger partial charge in [-0.3, -0.25) is 4.79 Å². The summed E-state index contributed by atoms with van der Waals surface area (Å²) >= 11 is 0. The van der Waals surface area contributed by atoms with Crippen molar-refractivity contribution in [3.8, 4) is 0 Å². The average Bonchev–Trinajstić information content (AvgIpc) is 2.33. The van der Waals surface area contributed by atoms with Crippen molar-refractivity contribution in [1.82, 2.24) is 0 Å². The lowest BCUT2D eigenvalue weighted by molar-refractivity contribution is -0.122. The van der Waals surface area contributed by atoms with Crippen molar-refractivity contribution in [2.75, 3.05) is 13.2 Å². The quantitative estimate of drug-likeness (QED) is 0.606. The molecule has 0 bridgehead atoms. The lowest BCUT2D eigenvalue weighted by Crippen LogP contribution is -2.27. The van der Waals surface area contributed by atoms with Crippen LogP contribution in [-0.4, -0.2) is 19.0 Å². The van der Waals surface area contributed by atoms with E-state index in [1.807, 2.05) is 13.8 Å². The third-order valence-electron chi connectivity index (χ3n) is 2.19. The molecular formula is C10H20O2. The van der Waals surface area contributed by atoms with Crippen molar-refractivity contribution >= 4 is 5.78 Å². The van der Waals surface area contributed by atoms with Gasteiger partial charge >= 0.3 is 0 Å². The van der Waals surface area contributed by atoms with Gasteiger partial charge in [0.25, 0.3) is 0 Å². The number of hydrogen-bond donors (Lipinski definition) is 0. The van der Waals surface area contributed by atoms with Crippen molar-refractivity contribution in [1.29, 1.82) is 0 Å². The molecule has 1 atom stereocenters. The predicted molar refractivity (Wildman–Crippen MR) is 50.1 cm³/mol.